The molecule has 4 heterocycles. The molecule has 2 aromatic heterocycles. The van der Waals surface area contributed by atoms with Crippen LogP contribution in [0.15, 0.2) is 41.4 Å². The van der Waals surface area contributed by atoms with Gasteiger partial charge in [0, 0.05) is 32.0 Å². The molecule has 0 spiro atoms. The Hall–Kier alpha value is -3.94. The van der Waals surface area contributed by atoms with Crippen LogP contribution in [-0.4, -0.2) is 58.0 Å². The monoisotopic (exact) mass is 536 g/mol. The first-order chi connectivity index (χ1) is 18.2. The number of ether oxygens (including phenoxy) is 2. The van der Waals surface area contributed by atoms with Crippen molar-refractivity contribution < 1.29 is 36.2 Å². The number of amides is 2. The molecule has 1 atom stereocenters. The summed E-state index contributed by atoms with van der Waals surface area (Å²) < 4.78 is 66.4. The average Bonchev–Trinajstić information content (AvgIpc) is 3.42. The minimum atomic E-state index is -5.05. The van der Waals surface area contributed by atoms with Crippen molar-refractivity contribution in [3.63, 3.8) is 0 Å². The molecule has 3 aromatic rings. The molecule has 0 saturated carbocycles. The summed E-state index contributed by atoms with van der Waals surface area (Å²) in [6, 6.07) is 1.60. The topological polar surface area (TPSA) is 115 Å². The van der Waals surface area contributed by atoms with Gasteiger partial charge in [0.05, 0.1) is 18.4 Å². The molecule has 10 nitrogen and oxygen atoms in total. The smallest absolute Gasteiger partial charge is 0.446 e. The summed E-state index contributed by atoms with van der Waals surface area (Å²) in [4.78, 5) is 27.6. The van der Waals surface area contributed by atoms with Crippen LogP contribution in [-0.2, 0) is 17.7 Å². The van der Waals surface area contributed by atoms with Gasteiger partial charge in [0.1, 0.15) is 6.04 Å². The third kappa shape index (κ3) is 6.13. The Morgan fingerprint density at radius 3 is 2.74 bits per heavy atom. The van der Waals surface area contributed by atoms with Crippen molar-refractivity contribution in [2.45, 2.75) is 44.3 Å². The molecule has 1 aromatic carbocycles. The van der Waals surface area contributed by atoms with Crippen LogP contribution < -0.4 is 15.4 Å². The fourth-order valence-electron chi connectivity index (χ4n) is 4.38. The fourth-order valence-corrected chi connectivity index (χ4v) is 4.38. The molecular formula is C24H24F4N6O4. The predicted octanol–water partition coefficient (Wildman–Crippen LogP) is 3.95. The maximum Gasteiger partial charge on any atom is 0.573 e. The second-order valence-electron chi connectivity index (χ2n) is 8.89. The molecule has 38 heavy (non-hydrogen) atoms. The number of rotatable bonds is 6. The van der Waals surface area contributed by atoms with E-state index in [2.05, 4.69) is 30.3 Å². The minimum absolute atomic E-state index is 0.143. The maximum absolute atomic E-state index is 14.4. The highest BCUT2D eigenvalue weighted by molar-refractivity contribution is 5.75. The number of carbonyl (C=O) groups excluding carboxylic acids is 1. The molecule has 2 aliphatic rings. The van der Waals surface area contributed by atoms with Gasteiger partial charge >= 0.3 is 12.4 Å². The fraction of sp³-hybridized carbons (Fsp3) is 0.417. The van der Waals surface area contributed by atoms with Gasteiger partial charge < -0.3 is 29.4 Å². The number of aromatic nitrogens is 3. The number of anilines is 1. The average molecular weight is 536 g/mol. The van der Waals surface area contributed by atoms with E-state index < -0.39 is 30.0 Å². The van der Waals surface area contributed by atoms with Crippen molar-refractivity contribution >= 4 is 12.0 Å². The molecule has 202 valence electrons. The van der Waals surface area contributed by atoms with Crippen molar-refractivity contribution in [2.75, 3.05) is 25.1 Å². The Labute approximate surface area is 214 Å². The number of halogens is 4. The highest BCUT2D eigenvalue weighted by Crippen LogP contribution is 2.30. The first-order valence-corrected chi connectivity index (χ1v) is 11.9. The van der Waals surface area contributed by atoms with Gasteiger partial charge in [0.25, 0.3) is 0 Å². The van der Waals surface area contributed by atoms with E-state index in [4.69, 9.17) is 9.15 Å². The standard InChI is InChI=1S/C24H24F4N6O4/c25-17-9-14(1-2-19(17)38-24(26,27)28)21(20-11-29-13-37-20)33-23(35)34-6-3-15-10-30-22(32-18(15)12-34)31-16-4-7-36-8-5-16/h1-2,9-11,13,16,21H,3-8,12H2,(H,33,35)(H,30,31,32)/t21-/m0/s1. The van der Waals surface area contributed by atoms with E-state index in [1.165, 1.54) is 17.2 Å². The summed E-state index contributed by atoms with van der Waals surface area (Å²) in [7, 11) is 0. The van der Waals surface area contributed by atoms with E-state index in [0.717, 1.165) is 36.9 Å². The first-order valence-electron chi connectivity index (χ1n) is 11.9. The highest BCUT2D eigenvalue weighted by atomic mass is 19.4. The molecule has 2 aliphatic heterocycles. The number of carbonyl (C=O) groups is 1. The summed E-state index contributed by atoms with van der Waals surface area (Å²) in [6.07, 6.45) is 1.40. The Morgan fingerprint density at radius 2 is 2.03 bits per heavy atom. The molecule has 0 radical (unpaired) electrons. The molecular weight excluding hydrogens is 512 g/mol. The number of hydrogen-bond donors (Lipinski definition) is 2. The van der Waals surface area contributed by atoms with Crippen LogP contribution in [0.2, 0.25) is 0 Å². The number of oxazole rings is 1. The van der Waals surface area contributed by atoms with Crippen molar-refractivity contribution in [3.8, 4) is 5.75 Å². The van der Waals surface area contributed by atoms with Crippen molar-refractivity contribution in [2.24, 2.45) is 0 Å². The van der Waals surface area contributed by atoms with Crippen LogP contribution in [0.1, 0.15) is 41.5 Å². The molecule has 0 aliphatic carbocycles. The number of alkyl halides is 3. The number of benzene rings is 1. The van der Waals surface area contributed by atoms with E-state index in [9.17, 15) is 22.4 Å². The Kier molecular flexibility index (Phi) is 7.31. The third-order valence-corrected chi connectivity index (χ3v) is 6.31. The Morgan fingerprint density at radius 1 is 1.21 bits per heavy atom. The van der Waals surface area contributed by atoms with E-state index in [0.29, 0.717) is 37.8 Å². The molecule has 5 rings (SSSR count). The number of fused-ring (bicyclic) bond motifs is 1. The number of nitrogens with one attached hydrogen (secondary N) is 2. The SMILES string of the molecule is O=C(N[C@@H](c1ccc(OC(F)(F)F)c(F)c1)c1cnco1)N1CCc2cnc(NC3CCOCC3)nc2C1. The van der Waals surface area contributed by atoms with Gasteiger partial charge in [-0.2, -0.15) is 0 Å². The van der Waals surface area contributed by atoms with Gasteiger partial charge in [-0.25, -0.2) is 24.1 Å². The molecule has 1 fully saturated rings. The first kappa shape index (κ1) is 25.7. The van der Waals surface area contributed by atoms with Crippen LogP contribution >= 0.6 is 0 Å². The molecule has 0 bridgehead atoms. The van der Waals surface area contributed by atoms with E-state index in [1.54, 1.807) is 6.20 Å². The van der Waals surface area contributed by atoms with E-state index in [-0.39, 0.29) is 23.9 Å². The van der Waals surface area contributed by atoms with Gasteiger partial charge in [-0.1, -0.05) is 6.07 Å². The molecule has 14 heteroatoms. The van der Waals surface area contributed by atoms with Gasteiger partial charge in [-0.05, 0) is 42.5 Å². The molecule has 2 N–H and O–H groups in total. The van der Waals surface area contributed by atoms with Gasteiger partial charge in [-0.15, -0.1) is 13.2 Å². The number of hydrogen-bond acceptors (Lipinski definition) is 8. The van der Waals surface area contributed by atoms with Gasteiger partial charge in [-0.3, -0.25) is 0 Å². The lowest BCUT2D eigenvalue weighted by Crippen LogP contribution is -2.44. The minimum Gasteiger partial charge on any atom is -0.446 e. The summed E-state index contributed by atoms with van der Waals surface area (Å²) in [5.74, 6) is -1.58. The second-order valence-corrected chi connectivity index (χ2v) is 8.89. The maximum atomic E-state index is 14.4. The highest BCUT2D eigenvalue weighted by Gasteiger charge is 2.33. The molecule has 1 saturated heterocycles. The molecule has 2 amide bonds. The summed E-state index contributed by atoms with van der Waals surface area (Å²) in [5, 5.41) is 6.08. The van der Waals surface area contributed by atoms with Crippen molar-refractivity contribution in [3.05, 3.63) is 65.4 Å². The predicted molar refractivity (Wildman–Crippen MR) is 124 cm³/mol. The van der Waals surface area contributed by atoms with E-state index in [1.807, 2.05) is 0 Å². The lowest BCUT2D eigenvalue weighted by molar-refractivity contribution is -0.275. The zero-order chi connectivity index (χ0) is 26.7. The third-order valence-electron chi connectivity index (χ3n) is 6.31. The second kappa shape index (κ2) is 10.8. The normalized spacial score (nSPS) is 17.0. The Bertz CT molecular complexity index is 1270. The van der Waals surface area contributed by atoms with E-state index >= 15 is 0 Å². The molecule has 0 unspecified atom stereocenters. The summed E-state index contributed by atoms with van der Waals surface area (Å²) >= 11 is 0. The van der Waals surface area contributed by atoms with Crippen LogP contribution in [0.3, 0.4) is 0 Å². The number of urea groups is 1. The zero-order valence-corrected chi connectivity index (χ0v) is 20.0. The lowest BCUT2D eigenvalue weighted by atomic mass is 10.0. The van der Waals surface area contributed by atoms with Crippen molar-refractivity contribution in [1.82, 2.24) is 25.2 Å². The summed E-state index contributed by atoms with van der Waals surface area (Å²) in [5.41, 5.74) is 1.78. The number of nitrogens with zero attached hydrogens (tertiary/aromatic N) is 4. The van der Waals surface area contributed by atoms with Crippen LogP contribution in [0.25, 0.3) is 0 Å². The lowest BCUT2D eigenvalue weighted by Gasteiger charge is -2.30. The van der Waals surface area contributed by atoms with Gasteiger partial charge in [0.2, 0.25) is 5.95 Å². The van der Waals surface area contributed by atoms with Crippen LogP contribution in [0.4, 0.5) is 28.3 Å². The quantitative estimate of drug-likeness (QED) is 0.456. The zero-order valence-electron chi connectivity index (χ0n) is 20.0. The van der Waals surface area contributed by atoms with Gasteiger partial charge in [0.15, 0.2) is 23.7 Å². The summed E-state index contributed by atoms with van der Waals surface area (Å²) in [6.45, 7) is 1.93. The van der Waals surface area contributed by atoms with Crippen LogP contribution in [0.5, 0.6) is 5.75 Å². The van der Waals surface area contributed by atoms with Crippen molar-refractivity contribution in [1.29, 1.82) is 0 Å². The van der Waals surface area contributed by atoms with Crippen LogP contribution in [0, 0.1) is 5.82 Å². The Balaban J connectivity index is 1.30. The largest absolute Gasteiger partial charge is 0.573 e.